The van der Waals surface area contributed by atoms with Crippen molar-refractivity contribution in [1.82, 2.24) is 59.8 Å². The van der Waals surface area contributed by atoms with Crippen LogP contribution in [0, 0.1) is 25.1 Å². The fourth-order valence-corrected chi connectivity index (χ4v) is 7.73. The lowest BCUT2D eigenvalue weighted by Gasteiger charge is -2.16. The summed E-state index contributed by atoms with van der Waals surface area (Å²) in [6.45, 7) is 8.88. The van der Waals surface area contributed by atoms with Gasteiger partial charge in [-0.05, 0) is 19.1 Å². The highest BCUT2D eigenvalue weighted by atomic mass is 35.6. The topological polar surface area (TPSA) is 159 Å². The van der Waals surface area contributed by atoms with Crippen molar-refractivity contribution in [3.8, 4) is 45.6 Å². The molecule has 4 aromatic carbocycles. The van der Waals surface area contributed by atoms with Crippen LogP contribution < -0.4 is 0 Å². The van der Waals surface area contributed by atoms with Gasteiger partial charge in [0.25, 0.3) is 0 Å². The number of aryl methyl sites for hydroxylation is 1. The van der Waals surface area contributed by atoms with E-state index in [2.05, 4.69) is 64.7 Å². The Hall–Kier alpha value is -0.770. The quantitative estimate of drug-likeness (QED) is 0.121. The molecule has 4 heterocycles. The molecule has 8 aromatic rings. The molecule has 4 aromatic heterocycles. The highest BCUT2D eigenvalue weighted by Crippen LogP contribution is 2.45. The van der Waals surface area contributed by atoms with E-state index in [-0.39, 0.29) is 52.4 Å². The molecule has 8 rings (SSSR count). The fraction of sp³-hybridized carbons (Fsp3) is 0.196. The number of rotatable bonds is 4. The van der Waals surface area contributed by atoms with Crippen molar-refractivity contribution in [2.75, 3.05) is 0 Å². The Labute approximate surface area is 600 Å². The first-order chi connectivity index (χ1) is 38.9. The minimum atomic E-state index is -2.11. The van der Waals surface area contributed by atoms with Crippen molar-refractivity contribution < 1.29 is 8.78 Å². The summed E-state index contributed by atoms with van der Waals surface area (Å²) < 4.78 is 12.3. The zero-order valence-corrected chi connectivity index (χ0v) is 58.5. The molecule has 0 spiro atoms. The Morgan fingerprint density at radius 3 is 0.776 bits per heavy atom. The van der Waals surface area contributed by atoms with E-state index in [9.17, 15) is 8.78 Å². The van der Waals surface area contributed by atoms with E-state index < -0.39 is 65.0 Å². The number of nitrogens with zero attached hydrogens (tertiary/aromatic N) is 13. The molecule has 0 aliphatic heterocycles. The van der Waals surface area contributed by atoms with E-state index in [1.54, 1.807) is 36.4 Å². The Kier molecular flexibility index (Phi) is 26.7. The van der Waals surface area contributed by atoms with Gasteiger partial charge in [-0.3, -0.25) is 0 Å². The normalized spacial score (nSPS) is 12.4. The molecule has 85 heavy (non-hydrogen) atoms. The van der Waals surface area contributed by atoms with Crippen molar-refractivity contribution in [2.24, 2.45) is 0 Å². The van der Waals surface area contributed by atoms with Crippen molar-refractivity contribution in [2.45, 2.75) is 37.3 Å². The lowest BCUT2D eigenvalue weighted by Crippen LogP contribution is -2.17. The third kappa shape index (κ3) is 22.8. The number of aromatic nitrogens is 12. The van der Waals surface area contributed by atoms with Gasteiger partial charge in [0.2, 0.25) is 30.3 Å². The monoisotopic (exact) mass is 1630 g/mol. The van der Waals surface area contributed by atoms with Crippen LogP contribution in [0.4, 0.5) is 14.5 Å². The molecule has 0 unspecified atom stereocenters. The molecule has 39 heteroatoms. The predicted molar refractivity (Wildman–Crippen MR) is 346 cm³/mol. The predicted octanol–water partition coefficient (Wildman–Crippen LogP) is 21.9. The number of halogens is 26. The summed E-state index contributed by atoms with van der Waals surface area (Å²) >= 11 is 138. The third-order valence-electron chi connectivity index (χ3n) is 9.35. The molecule has 13 nitrogen and oxygen atoms in total. The Bertz CT molecular complexity index is 3510. The highest BCUT2D eigenvalue weighted by molar-refractivity contribution is 6.70. The summed E-state index contributed by atoms with van der Waals surface area (Å²) in [6, 6.07) is 26.1. The second kappa shape index (κ2) is 30.3. The first-order valence-corrected chi connectivity index (χ1v) is 30.6. The molecule has 0 N–H and O–H groups in total. The van der Waals surface area contributed by atoms with Crippen LogP contribution in [0.1, 0.15) is 52.2 Å². The largest absolute Gasteiger partial charge is 0.250 e. The van der Waals surface area contributed by atoms with Gasteiger partial charge in [-0.15, -0.1) is 0 Å². The molecule has 0 fully saturated rings. The summed E-state index contributed by atoms with van der Waals surface area (Å²) in [5.41, 5.74) is 2.91. The zero-order chi connectivity index (χ0) is 64.1. The molecule has 0 atom stereocenters. The van der Waals surface area contributed by atoms with Crippen LogP contribution in [0.25, 0.3) is 50.4 Å². The average molecular weight is 1640 g/mol. The molecule has 0 saturated carbocycles. The lowest BCUT2D eigenvalue weighted by atomic mass is 10.1. The first kappa shape index (κ1) is 75.0. The maximum absolute atomic E-state index is 13.9. The Balaban J connectivity index is 0.000000207. The molecular formula is C46H19Cl24F2N13. The van der Waals surface area contributed by atoms with Gasteiger partial charge >= 0.3 is 0 Å². The van der Waals surface area contributed by atoms with E-state index >= 15 is 0 Å². The standard InChI is InChI=1S/C12H4Cl6N4.C12H7Cl6N3.C11H3Cl6F2N3.C11H5Cl6N3/c1-19-7-4-2-6(3-5-7)8-20-9(11(13,14)15)22-10(21-8)12(16,17)18;1-6-2-4-7(5-3-6)8-19-9(11(13,14)15)21-10(20-8)12(16,17)18;12-10(13,14)8-20-7(21-9(22-8)11(15,16)17)6-4(18)2-1-3-5(6)19;12-10(13,14)8-18-7(6-4-2-1-3-5-6)19-9(20-8)11(15,16)17/h2-5H;2-5H,1H3;1-3H;1-5H. The molecule has 0 amide bonds. The first-order valence-electron chi connectivity index (χ1n) is 21.5. The van der Waals surface area contributed by atoms with E-state index in [0.29, 0.717) is 22.4 Å². The van der Waals surface area contributed by atoms with E-state index in [0.717, 1.165) is 17.7 Å². The fourth-order valence-electron chi connectivity index (χ4n) is 5.70. The summed E-state index contributed by atoms with van der Waals surface area (Å²) in [5.74, 6) is -3.32. The van der Waals surface area contributed by atoms with Crippen molar-refractivity contribution in [3.05, 3.63) is 172 Å². The van der Waals surface area contributed by atoms with Crippen LogP contribution in [-0.4, -0.2) is 59.8 Å². The Morgan fingerprint density at radius 2 is 0.529 bits per heavy atom. The van der Waals surface area contributed by atoms with Crippen molar-refractivity contribution >= 4 is 284 Å². The molecule has 0 saturated heterocycles. The zero-order valence-electron chi connectivity index (χ0n) is 40.4. The molecule has 0 bridgehead atoms. The van der Waals surface area contributed by atoms with Gasteiger partial charge in [-0.25, -0.2) is 73.4 Å². The van der Waals surface area contributed by atoms with Crippen LogP contribution in [0.3, 0.4) is 0 Å². The van der Waals surface area contributed by atoms with E-state index in [4.69, 9.17) is 285 Å². The highest BCUT2D eigenvalue weighted by Gasteiger charge is 2.38. The lowest BCUT2D eigenvalue weighted by molar-refractivity contribution is 0.586. The van der Waals surface area contributed by atoms with Gasteiger partial charge < -0.3 is 0 Å². The van der Waals surface area contributed by atoms with Gasteiger partial charge in [-0.1, -0.05) is 369 Å². The maximum atomic E-state index is 13.9. The Morgan fingerprint density at radius 1 is 0.294 bits per heavy atom. The minimum absolute atomic E-state index is 0.112. The summed E-state index contributed by atoms with van der Waals surface area (Å²) in [7, 11) is 0. The minimum Gasteiger partial charge on any atom is -0.238 e. The smallest absolute Gasteiger partial charge is 0.238 e. The number of alkyl halides is 24. The molecule has 0 aliphatic rings. The second-order valence-corrected chi connectivity index (χ2v) is 33.9. The number of hydrogen-bond donors (Lipinski definition) is 0. The average Bonchev–Trinajstić information content (AvgIpc) is 1.75. The van der Waals surface area contributed by atoms with Crippen LogP contribution >= 0.6 is 278 Å². The maximum Gasteiger partial charge on any atom is 0.250 e. The van der Waals surface area contributed by atoms with E-state index in [1.807, 2.05) is 49.4 Å². The SMILES string of the molecule is Cc1ccc(-c2nc(C(Cl)(Cl)Cl)nc(C(Cl)(Cl)Cl)n2)cc1.ClC(Cl)(Cl)c1nc(-c2ccccc2)nc(C(Cl)(Cl)Cl)n1.Fc1cccc(F)c1-c1nc(C(Cl)(Cl)Cl)nc(C(Cl)(Cl)Cl)n1.[C-]#[N+]c1ccc(-c2nc(C(Cl)(Cl)Cl)nc(C(Cl)(Cl)Cl)n2)cc1. The van der Waals surface area contributed by atoms with Crippen LogP contribution in [0.5, 0.6) is 0 Å². The van der Waals surface area contributed by atoms with E-state index in [1.165, 1.54) is 6.07 Å². The van der Waals surface area contributed by atoms with Crippen LogP contribution in [-0.2, 0) is 30.3 Å². The van der Waals surface area contributed by atoms with Gasteiger partial charge in [0.15, 0.2) is 75.6 Å². The van der Waals surface area contributed by atoms with Crippen LogP contribution in [0.15, 0.2) is 97.1 Å². The van der Waals surface area contributed by atoms with Gasteiger partial charge in [0.1, 0.15) is 11.6 Å². The van der Waals surface area contributed by atoms with Gasteiger partial charge in [-0.2, -0.15) is 0 Å². The summed E-state index contributed by atoms with van der Waals surface area (Å²) in [5, 5.41) is 0. The summed E-state index contributed by atoms with van der Waals surface area (Å²) in [4.78, 5) is 50.7. The van der Waals surface area contributed by atoms with Crippen LogP contribution in [0.2, 0.25) is 0 Å². The molecule has 0 aliphatic carbocycles. The van der Waals surface area contributed by atoms with Crippen molar-refractivity contribution in [1.29, 1.82) is 0 Å². The van der Waals surface area contributed by atoms with Crippen molar-refractivity contribution in [3.63, 3.8) is 0 Å². The third-order valence-corrected chi connectivity index (χ3v) is 13.4. The second-order valence-electron chi connectivity index (χ2n) is 15.7. The number of hydrogen-bond acceptors (Lipinski definition) is 12. The number of benzene rings is 4. The summed E-state index contributed by atoms with van der Waals surface area (Å²) in [6.07, 6.45) is 0. The molecule has 450 valence electrons. The molecular weight excluding hydrogens is 1620 g/mol. The van der Waals surface area contributed by atoms with Gasteiger partial charge in [0, 0.05) is 16.7 Å². The molecule has 0 radical (unpaired) electrons. The van der Waals surface area contributed by atoms with Gasteiger partial charge in [0.05, 0.1) is 12.1 Å².